The van der Waals surface area contributed by atoms with Crippen molar-refractivity contribution in [1.29, 1.82) is 0 Å². The van der Waals surface area contributed by atoms with Crippen LogP contribution in [0.3, 0.4) is 0 Å². The van der Waals surface area contributed by atoms with E-state index in [2.05, 4.69) is 22.2 Å². The zero-order chi connectivity index (χ0) is 17.5. The maximum absolute atomic E-state index is 12.4. The first kappa shape index (κ1) is 21.2. The monoisotopic (exact) mass is 381 g/mol. The highest BCUT2D eigenvalue weighted by molar-refractivity contribution is 5.97. The highest BCUT2D eigenvalue weighted by Gasteiger charge is 2.17. The number of benzene rings is 1. The third-order valence-electron chi connectivity index (χ3n) is 5.39. The standard InChI is InChI=1S/C20H31N3O2.ClH/c1-22-11-13-23(14-12-22)16-20(24)18-2-4-19(5-3-18)25-15-8-17-6-9-21-10-7-17;/h2-5,17,21H,6-16H2,1H3;1H. The van der Waals surface area contributed by atoms with Gasteiger partial charge in [0.25, 0.3) is 0 Å². The van der Waals surface area contributed by atoms with Gasteiger partial charge in [-0.15, -0.1) is 12.4 Å². The summed E-state index contributed by atoms with van der Waals surface area (Å²) in [6.45, 7) is 7.57. The van der Waals surface area contributed by atoms with Gasteiger partial charge in [0, 0.05) is 31.7 Å². The number of ether oxygens (including phenoxy) is 1. The highest BCUT2D eigenvalue weighted by Crippen LogP contribution is 2.18. The molecule has 0 radical (unpaired) electrons. The van der Waals surface area contributed by atoms with Crippen molar-refractivity contribution in [2.45, 2.75) is 19.3 Å². The summed E-state index contributed by atoms with van der Waals surface area (Å²) in [6, 6.07) is 7.66. The Morgan fingerprint density at radius 2 is 1.77 bits per heavy atom. The molecule has 2 aliphatic heterocycles. The molecule has 6 heteroatoms. The molecule has 0 aromatic heterocycles. The number of carbonyl (C=O) groups is 1. The Bertz CT molecular complexity index is 538. The lowest BCUT2D eigenvalue weighted by atomic mass is 9.95. The molecule has 0 saturated carbocycles. The van der Waals surface area contributed by atoms with Crippen LogP contribution in [0, 0.1) is 5.92 Å². The molecule has 0 amide bonds. The number of ketones is 1. The molecule has 0 aliphatic carbocycles. The molecular weight excluding hydrogens is 350 g/mol. The molecule has 146 valence electrons. The molecule has 1 N–H and O–H groups in total. The Balaban J connectivity index is 0.00000243. The lowest BCUT2D eigenvalue weighted by Crippen LogP contribution is -2.46. The first-order valence-corrected chi connectivity index (χ1v) is 9.58. The Labute approximate surface area is 163 Å². The maximum atomic E-state index is 12.4. The summed E-state index contributed by atoms with van der Waals surface area (Å²) >= 11 is 0. The summed E-state index contributed by atoms with van der Waals surface area (Å²) in [5, 5.41) is 3.39. The van der Waals surface area contributed by atoms with Crippen LogP contribution >= 0.6 is 12.4 Å². The minimum Gasteiger partial charge on any atom is -0.494 e. The van der Waals surface area contributed by atoms with E-state index in [1.165, 1.54) is 12.8 Å². The maximum Gasteiger partial charge on any atom is 0.176 e. The average Bonchev–Trinajstić information content (AvgIpc) is 2.65. The van der Waals surface area contributed by atoms with Gasteiger partial charge in [0.05, 0.1) is 13.2 Å². The Hall–Kier alpha value is -1.14. The van der Waals surface area contributed by atoms with Crippen molar-refractivity contribution in [3.63, 3.8) is 0 Å². The predicted molar refractivity (Wildman–Crippen MR) is 108 cm³/mol. The lowest BCUT2D eigenvalue weighted by molar-refractivity contribution is 0.0876. The molecule has 26 heavy (non-hydrogen) atoms. The van der Waals surface area contributed by atoms with Gasteiger partial charge in [-0.25, -0.2) is 0 Å². The number of nitrogens with zero attached hydrogens (tertiary/aromatic N) is 2. The first-order valence-electron chi connectivity index (χ1n) is 9.58. The molecule has 1 aromatic rings. The first-order chi connectivity index (χ1) is 12.2. The van der Waals surface area contributed by atoms with Crippen LogP contribution in [0.15, 0.2) is 24.3 Å². The van der Waals surface area contributed by atoms with E-state index in [-0.39, 0.29) is 18.2 Å². The molecule has 1 aromatic carbocycles. The number of hydrogen-bond donors (Lipinski definition) is 1. The molecule has 2 saturated heterocycles. The van der Waals surface area contributed by atoms with Crippen molar-refractivity contribution in [3.05, 3.63) is 29.8 Å². The van der Waals surface area contributed by atoms with Gasteiger partial charge in [-0.1, -0.05) is 0 Å². The Morgan fingerprint density at radius 1 is 1.12 bits per heavy atom. The number of piperidine rings is 1. The van der Waals surface area contributed by atoms with Crippen LogP contribution < -0.4 is 10.1 Å². The number of hydrogen-bond acceptors (Lipinski definition) is 5. The highest BCUT2D eigenvalue weighted by atomic mass is 35.5. The van der Waals surface area contributed by atoms with Crippen LogP contribution in [0.4, 0.5) is 0 Å². The second-order valence-electron chi connectivity index (χ2n) is 7.36. The van der Waals surface area contributed by atoms with Gasteiger partial charge in [-0.2, -0.15) is 0 Å². The predicted octanol–water partition coefficient (Wildman–Crippen LogP) is 2.31. The van der Waals surface area contributed by atoms with Gasteiger partial charge in [0.15, 0.2) is 5.78 Å². The zero-order valence-electron chi connectivity index (χ0n) is 15.8. The average molecular weight is 382 g/mol. The van der Waals surface area contributed by atoms with Crippen molar-refractivity contribution >= 4 is 18.2 Å². The molecule has 0 atom stereocenters. The molecular formula is C20H32ClN3O2. The number of nitrogens with one attached hydrogen (secondary N) is 1. The van der Waals surface area contributed by atoms with Crippen molar-refractivity contribution < 1.29 is 9.53 Å². The van der Waals surface area contributed by atoms with E-state index in [0.717, 1.165) is 69.5 Å². The molecule has 0 bridgehead atoms. The molecule has 2 fully saturated rings. The summed E-state index contributed by atoms with van der Waals surface area (Å²) in [6.07, 6.45) is 3.62. The van der Waals surface area contributed by atoms with E-state index >= 15 is 0 Å². The van der Waals surface area contributed by atoms with Crippen molar-refractivity contribution in [2.24, 2.45) is 5.92 Å². The number of piperazine rings is 1. The van der Waals surface area contributed by atoms with Gasteiger partial charge in [-0.05, 0) is 69.6 Å². The number of rotatable bonds is 7. The second-order valence-corrected chi connectivity index (χ2v) is 7.36. The van der Waals surface area contributed by atoms with Crippen molar-refractivity contribution in [1.82, 2.24) is 15.1 Å². The van der Waals surface area contributed by atoms with E-state index in [1.807, 2.05) is 24.3 Å². The number of halogens is 1. The van der Waals surface area contributed by atoms with Gasteiger partial charge in [-0.3, -0.25) is 9.69 Å². The van der Waals surface area contributed by atoms with Gasteiger partial charge >= 0.3 is 0 Å². The molecule has 0 spiro atoms. The van der Waals surface area contributed by atoms with Crippen LogP contribution in [0.25, 0.3) is 0 Å². The van der Waals surface area contributed by atoms with Crippen molar-refractivity contribution in [2.75, 3.05) is 59.5 Å². The summed E-state index contributed by atoms with van der Waals surface area (Å²) in [7, 11) is 2.13. The van der Waals surface area contributed by atoms with Crippen LogP contribution in [0.5, 0.6) is 5.75 Å². The topological polar surface area (TPSA) is 44.8 Å². The number of Topliss-reactive ketones (excluding diaryl/α,β-unsaturated/α-hetero) is 1. The molecule has 0 unspecified atom stereocenters. The minimum absolute atomic E-state index is 0. The minimum atomic E-state index is 0. The smallest absolute Gasteiger partial charge is 0.176 e. The van der Waals surface area contributed by atoms with Gasteiger partial charge < -0.3 is 15.0 Å². The van der Waals surface area contributed by atoms with Gasteiger partial charge in [0.1, 0.15) is 5.75 Å². The summed E-state index contributed by atoms with van der Waals surface area (Å²) in [5.41, 5.74) is 0.782. The molecule has 2 aliphatic rings. The number of carbonyl (C=O) groups excluding carboxylic acids is 1. The van der Waals surface area contributed by atoms with Crippen LogP contribution in [-0.2, 0) is 0 Å². The summed E-state index contributed by atoms with van der Waals surface area (Å²) in [4.78, 5) is 17.0. The van der Waals surface area contributed by atoms with Crippen LogP contribution in [0.2, 0.25) is 0 Å². The van der Waals surface area contributed by atoms with E-state index in [0.29, 0.717) is 6.54 Å². The van der Waals surface area contributed by atoms with Crippen molar-refractivity contribution in [3.8, 4) is 5.75 Å². The Kier molecular flexibility index (Phi) is 8.85. The van der Waals surface area contributed by atoms with Crippen LogP contribution in [0.1, 0.15) is 29.6 Å². The summed E-state index contributed by atoms with van der Waals surface area (Å²) < 4.78 is 5.86. The molecule has 3 rings (SSSR count). The van der Waals surface area contributed by atoms with E-state index < -0.39 is 0 Å². The van der Waals surface area contributed by atoms with E-state index in [4.69, 9.17) is 4.74 Å². The fraction of sp³-hybridized carbons (Fsp3) is 0.650. The van der Waals surface area contributed by atoms with E-state index in [1.54, 1.807) is 0 Å². The van der Waals surface area contributed by atoms with E-state index in [9.17, 15) is 4.79 Å². The SMILES string of the molecule is CN1CCN(CC(=O)c2ccc(OCCC3CCNCC3)cc2)CC1.Cl. The van der Waals surface area contributed by atoms with Gasteiger partial charge in [0.2, 0.25) is 0 Å². The fourth-order valence-electron chi connectivity index (χ4n) is 3.55. The quantitative estimate of drug-likeness (QED) is 0.734. The number of likely N-dealkylation sites (N-methyl/N-ethyl adjacent to an activating group) is 1. The second kappa shape index (κ2) is 10.9. The third kappa shape index (κ3) is 6.54. The normalized spacial score (nSPS) is 19.7. The Morgan fingerprint density at radius 3 is 2.42 bits per heavy atom. The molecule has 5 nitrogen and oxygen atoms in total. The molecule has 2 heterocycles. The van der Waals surface area contributed by atoms with Crippen LogP contribution in [-0.4, -0.2) is 75.1 Å². The largest absolute Gasteiger partial charge is 0.494 e. The third-order valence-corrected chi connectivity index (χ3v) is 5.39. The zero-order valence-corrected chi connectivity index (χ0v) is 16.6. The summed E-state index contributed by atoms with van der Waals surface area (Å²) in [5.74, 6) is 1.85. The fourth-order valence-corrected chi connectivity index (χ4v) is 3.55. The lowest BCUT2D eigenvalue weighted by Gasteiger charge is -2.31.